The van der Waals surface area contributed by atoms with Gasteiger partial charge in [0.05, 0.1) is 32.0 Å². The van der Waals surface area contributed by atoms with Crippen LogP contribution in [0.2, 0.25) is 0 Å². The molecular weight excluding hydrogens is 248 g/mol. The lowest BCUT2D eigenvalue weighted by atomic mass is 10.2. The van der Waals surface area contributed by atoms with Crippen molar-refractivity contribution in [1.29, 1.82) is 0 Å². The van der Waals surface area contributed by atoms with Gasteiger partial charge in [-0.3, -0.25) is 0 Å². The summed E-state index contributed by atoms with van der Waals surface area (Å²) in [6.07, 6.45) is 0. The number of benzene rings is 1. The first-order chi connectivity index (χ1) is 9.27. The standard InChI is InChI=1S/C14H20O5/c1-3-18-14(15)12-4-6-13(7-5-12)19-11-10-17-9-8-16-2/h4-7H,3,8-11H2,1-2H3. The molecule has 1 aromatic carbocycles. The zero-order valence-corrected chi connectivity index (χ0v) is 11.4. The molecule has 0 aromatic heterocycles. The Bertz CT molecular complexity index is 361. The van der Waals surface area contributed by atoms with Crippen LogP contribution in [0, 0.1) is 0 Å². The topological polar surface area (TPSA) is 54.0 Å². The molecule has 0 atom stereocenters. The van der Waals surface area contributed by atoms with E-state index in [0.29, 0.717) is 44.3 Å². The van der Waals surface area contributed by atoms with E-state index < -0.39 is 0 Å². The van der Waals surface area contributed by atoms with Crippen LogP contribution in [0.25, 0.3) is 0 Å². The van der Waals surface area contributed by atoms with Gasteiger partial charge in [-0.1, -0.05) is 0 Å². The highest BCUT2D eigenvalue weighted by atomic mass is 16.5. The first-order valence-corrected chi connectivity index (χ1v) is 6.24. The third-order valence-electron chi connectivity index (χ3n) is 2.29. The van der Waals surface area contributed by atoms with Gasteiger partial charge in [-0.2, -0.15) is 0 Å². The highest BCUT2D eigenvalue weighted by molar-refractivity contribution is 5.89. The van der Waals surface area contributed by atoms with Crippen molar-refractivity contribution in [2.24, 2.45) is 0 Å². The minimum atomic E-state index is -0.322. The Labute approximate surface area is 113 Å². The van der Waals surface area contributed by atoms with Gasteiger partial charge in [-0.15, -0.1) is 0 Å². The Morgan fingerprint density at radius 2 is 1.74 bits per heavy atom. The Hall–Kier alpha value is -1.59. The number of esters is 1. The zero-order chi connectivity index (χ0) is 13.9. The van der Waals surface area contributed by atoms with Crippen molar-refractivity contribution in [1.82, 2.24) is 0 Å². The summed E-state index contributed by atoms with van der Waals surface area (Å²) in [5.41, 5.74) is 0.519. The van der Waals surface area contributed by atoms with Crippen LogP contribution in [0.15, 0.2) is 24.3 Å². The Morgan fingerprint density at radius 3 is 2.37 bits per heavy atom. The Kier molecular flexibility index (Phi) is 7.62. The predicted molar refractivity (Wildman–Crippen MR) is 70.6 cm³/mol. The number of carbonyl (C=O) groups excluding carboxylic acids is 1. The summed E-state index contributed by atoms with van der Waals surface area (Å²) in [6.45, 7) is 4.25. The van der Waals surface area contributed by atoms with Crippen LogP contribution in [-0.4, -0.2) is 46.1 Å². The number of ether oxygens (including phenoxy) is 4. The SMILES string of the molecule is CCOC(=O)c1ccc(OCCOCCOC)cc1. The lowest BCUT2D eigenvalue weighted by molar-refractivity contribution is 0.0525. The molecule has 19 heavy (non-hydrogen) atoms. The molecule has 0 N–H and O–H groups in total. The van der Waals surface area contributed by atoms with Crippen LogP contribution in [0.1, 0.15) is 17.3 Å². The zero-order valence-electron chi connectivity index (χ0n) is 11.4. The molecule has 0 saturated carbocycles. The summed E-state index contributed by atoms with van der Waals surface area (Å²) in [6, 6.07) is 6.83. The largest absolute Gasteiger partial charge is 0.491 e. The van der Waals surface area contributed by atoms with E-state index in [1.807, 2.05) is 0 Å². The van der Waals surface area contributed by atoms with E-state index in [9.17, 15) is 4.79 Å². The number of hydrogen-bond acceptors (Lipinski definition) is 5. The Morgan fingerprint density at radius 1 is 1.05 bits per heavy atom. The average Bonchev–Trinajstić information content (AvgIpc) is 2.43. The van der Waals surface area contributed by atoms with Gasteiger partial charge >= 0.3 is 5.97 Å². The minimum absolute atomic E-state index is 0.322. The molecule has 5 nitrogen and oxygen atoms in total. The van der Waals surface area contributed by atoms with Gasteiger partial charge < -0.3 is 18.9 Å². The van der Waals surface area contributed by atoms with Gasteiger partial charge in [-0.05, 0) is 31.2 Å². The first kappa shape index (κ1) is 15.5. The summed E-state index contributed by atoms with van der Waals surface area (Å²) in [7, 11) is 1.63. The van der Waals surface area contributed by atoms with Crippen LogP contribution in [0.3, 0.4) is 0 Å². The van der Waals surface area contributed by atoms with Crippen molar-refractivity contribution in [2.75, 3.05) is 40.1 Å². The van der Waals surface area contributed by atoms with E-state index in [2.05, 4.69) is 0 Å². The van der Waals surface area contributed by atoms with Gasteiger partial charge in [0, 0.05) is 7.11 Å². The van der Waals surface area contributed by atoms with E-state index >= 15 is 0 Å². The van der Waals surface area contributed by atoms with Gasteiger partial charge in [0.25, 0.3) is 0 Å². The summed E-state index contributed by atoms with van der Waals surface area (Å²) in [5.74, 6) is 0.375. The van der Waals surface area contributed by atoms with Gasteiger partial charge in [0.1, 0.15) is 12.4 Å². The van der Waals surface area contributed by atoms with E-state index in [0.717, 1.165) is 0 Å². The normalized spacial score (nSPS) is 10.2. The van der Waals surface area contributed by atoms with Crippen LogP contribution in [0.5, 0.6) is 5.75 Å². The molecule has 1 aromatic rings. The highest BCUT2D eigenvalue weighted by Crippen LogP contribution is 2.12. The fourth-order valence-electron chi connectivity index (χ4n) is 1.36. The highest BCUT2D eigenvalue weighted by Gasteiger charge is 2.05. The molecule has 0 spiro atoms. The molecule has 0 bridgehead atoms. The number of hydrogen-bond donors (Lipinski definition) is 0. The maximum atomic E-state index is 11.4. The van der Waals surface area contributed by atoms with Crippen molar-refractivity contribution in [3.63, 3.8) is 0 Å². The fraction of sp³-hybridized carbons (Fsp3) is 0.500. The molecule has 1 rings (SSSR count). The second-order valence-electron chi connectivity index (χ2n) is 3.70. The third kappa shape index (κ3) is 6.22. The molecule has 0 aliphatic carbocycles. The molecule has 0 amide bonds. The Balaban J connectivity index is 2.26. The first-order valence-electron chi connectivity index (χ1n) is 6.24. The number of methoxy groups -OCH3 is 1. The van der Waals surface area contributed by atoms with Crippen molar-refractivity contribution >= 4 is 5.97 Å². The number of carbonyl (C=O) groups is 1. The third-order valence-corrected chi connectivity index (χ3v) is 2.29. The lowest BCUT2D eigenvalue weighted by Crippen LogP contribution is -2.10. The van der Waals surface area contributed by atoms with E-state index in [-0.39, 0.29) is 5.97 Å². The van der Waals surface area contributed by atoms with Crippen LogP contribution in [0.4, 0.5) is 0 Å². The summed E-state index contributed by atoms with van der Waals surface area (Å²) in [4.78, 5) is 11.4. The fourth-order valence-corrected chi connectivity index (χ4v) is 1.36. The number of rotatable bonds is 9. The van der Waals surface area contributed by atoms with Gasteiger partial charge in [0.2, 0.25) is 0 Å². The second kappa shape index (κ2) is 9.35. The van der Waals surface area contributed by atoms with Crippen molar-refractivity contribution in [3.8, 4) is 5.75 Å². The van der Waals surface area contributed by atoms with Crippen LogP contribution < -0.4 is 4.74 Å². The maximum absolute atomic E-state index is 11.4. The summed E-state index contributed by atoms with van der Waals surface area (Å²) < 4.78 is 20.5. The van der Waals surface area contributed by atoms with E-state index in [1.165, 1.54) is 0 Å². The monoisotopic (exact) mass is 268 g/mol. The molecule has 0 fully saturated rings. The van der Waals surface area contributed by atoms with Crippen molar-refractivity contribution in [3.05, 3.63) is 29.8 Å². The van der Waals surface area contributed by atoms with Crippen molar-refractivity contribution < 1.29 is 23.7 Å². The molecule has 0 radical (unpaired) electrons. The maximum Gasteiger partial charge on any atom is 0.338 e. The quantitative estimate of drug-likeness (QED) is 0.506. The molecule has 0 aliphatic rings. The molecular formula is C14H20O5. The predicted octanol–water partition coefficient (Wildman–Crippen LogP) is 1.91. The van der Waals surface area contributed by atoms with Crippen molar-refractivity contribution in [2.45, 2.75) is 6.92 Å². The van der Waals surface area contributed by atoms with Gasteiger partial charge in [0.15, 0.2) is 0 Å². The van der Waals surface area contributed by atoms with Crippen LogP contribution in [-0.2, 0) is 14.2 Å². The lowest BCUT2D eigenvalue weighted by Gasteiger charge is -2.07. The van der Waals surface area contributed by atoms with Crippen LogP contribution >= 0.6 is 0 Å². The average molecular weight is 268 g/mol. The second-order valence-corrected chi connectivity index (χ2v) is 3.70. The molecule has 5 heteroatoms. The smallest absolute Gasteiger partial charge is 0.338 e. The molecule has 0 saturated heterocycles. The summed E-state index contributed by atoms with van der Waals surface area (Å²) in [5, 5.41) is 0. The molecule has 0 heterocycles. The molecule has 106 valence electrons. The summed E-state index contributed by atoms with van der Waals surface area (Å²) >= 11 is 0. The molecule has 0 aliphatic heterocycles. The van der Waals surface area contributed by atoms with E-state index in [4.69, 9.17) is 18.9 Å². The van der Waals surface area contributed by atoms with E-state index in [1.54, 1.807) is 38.3 Å². The van der Waals surface area contributed by atoms with Gasteiger partial charge in [-0.25, -0.2) is 4.79 Å². The molecule has 0 unspecified atom stereocenters. The minimum Gasteiger partial charge on any atom is -0.491 e.